The molecular formula is C20H24FN3O3S. The lowest BCUT2D eigenvalue weighted by Crippen LogP contribution is -2.43. The van der Waals surface area contributed by atoms with Crippen LogP contribution in [0.25, 0.3) is 0 Å². The summed E-state index contributed by atoms with van der Waals surface area (Å²) in [7, 11) is -3.79. The molecule has 1 atom stereocenters. The zero-order valence-electron chi connectivity index (χ0n) is 15.7. The summed E-state index contributed by atoms with van der Waals surface area (Å²) in [6, 6.07) is 10.9. The highest BCUT2D eigenvalue weighted by atomic mass is 32.2. The molecule has 1 aliphatic rings. The lowest BCUT2D eigenvalue weighted by molar-refractivity contribution is -0.132. The van der Waals surface area contributed by atoms with Crippen LogP contribution >= 0.6 is 0 Å². The van der Waals surface area contributed by atoms with Crippen molar-refractivity contribution in [1.82, 2.24) is 4.90 Å². The van der Waals surface area contributed by atoms with Crippen LogP contribution in [-0.4, -0.2) is 38.4 Å². The molecule has 2 aromatic rings. The van der Waals surface area contributed by atoms with Crippen LogP contribution in [0.15, 0.2) is 53.4 Å². The minimum atomic E-state index is -3.79. The minimum absolute atomic E-state index is 0.0168. The molecule has 1 fully saturated rings. The Morgan fingerprint density at radius 1 is 0.964 bits per heavy atom. The largest absolute Gasteiger partial charge is 0.374 e. The zero-order chi connectivity index (χ0) is 20.1. The number of halogens is 1. The maximum atomic E-state index is 13.0. The first kappa shape index (κ1) is 20.1. The molecule has 2 N–H and O–H groups in total. The maximum Gasteiger partial charge on any atom is 0.261 e. The monoisotopic (exact) mass is 405 g/mol. The average Bonchev–Trinajstić information content (AvgIpc) is 2.69. The SMILES string of the molecule is C[C@@H](Nc1ccc(NS(=O)(=O)c2ccc(F)cc2)cc1)C(=O)N1CCCCC1. The number of anilines is 2. The van der Waals surface area contributed by atoms with Crippen molar-refractivity contribution in [2.24, 2.45) is 0 Å². The van der Waals surface area contributed by atoms with E-state index in [4.69, 9.17) is 0 Å². The van der Waals surface area contributed by atoms with Gasteiger partial charge in [0.1, 0.15) is 11.9 Å². The van der Waals surface area contributed by atoms with Crippen LogP contribution in [0.2, 0.25) is 0 Å². The summed E-state index contributed by atoms with van der Waals surface area (Å²) in [4.78, 5) is 14.3. The van der Waals surface area contributed by atoms with Crippen LogP contribution in [0.1, 0.15) is 26.2 Å². The van der Waals surface area contributed by atoms with Gasteiger partial charge in [-0.1, -0.05) is 0 Å². The third-order valence-electron chi connectivity index (χ3n) is 4.68. The Hall–Kier alpha value is -2.61. The molecule has 2 aromatic carbocycles. The van der Waals surface area contributed by atoms with Gasteiger partial charge in [0.2, 0.25) is 5.91 Å². The quantitative estimate of drug-likeness (QED) is 0.772. The first-order valence-corrected chi connectivity index (χ1v) is 10.8. The van der Waals surface area contributed by atoms with E-state index in [1.165, 1.54) is 18.6 Å². The van der Waals surface area contributed by atoms with Crippen molar-refractivity contribution in [3.8, 4) is 0 Å². The first-order valence-electron chi connectivity index (χ1n) is 9.29. The van der Waals surface area contributed by atoms with Crippen molar-refractivity contribution < 1.29 is 17.6 Å². The Bertz CT molecular complexity index is 909. The van der Waals surface area contributed by atoms with Crippen LogP contribution in [0.4, 0.5) is 15.8 Å². The van der Waals surface area contributed by atoms with Crippen LogP contribution in [-0.2, 0) is 14.8 Å². The molecule has 0 aliphatic carbocycles. The van der Waals surface area contributed by atoms with Crippen molar-refractivity contribution >= 4 is 27.3 Å². The summed E-state index contributed by atoms with van der Waals surface area (Å²) < 4.78 is 40.1. The third kappa shape index (κ3) is 5.01. The topological polar surface area (TPSA) is 78.5 Å². The Balaban J connectivity index is 1.61. The molecule has 1 saturated heterocycles. The number of nitrogens with one attached hydrogen (secondary N) is 2. The van der Waals surface area contributed by atoms with E-state index in [0.29, 0.717) is 5.69 Å². The molecule has 28 heavy (non-hydrogen) atoms. The van der Waals surface area contributed by atoms with E-state index in [9.17, 15) is 17.6 Å². The third-order valence-corrected chi connectivity index (χ3v) is 6.08. The van der Waals surface area contributed by atoms with Gasteiger partial charge in [-0.15, -0.1) is 0 Å². The van der Waals surface area contributed by atoms with E-state index in [0.717, 1.165) is 43.8 Å². The molecule has 1 heterocycles. The van der Waals surface area contributed by atoms with Gasteiger partial charge in [0.05, 0.1) is 4.90 Å². The Labute approximate surface area is 164 Å². The van der Waals surface area contributed by atoms with E-state index in [2.05, 4.69) is 10.0 Å². The van der Waals surface area contributed by atoms with Gasteiger partial charge >= 0.3 is 0 Å². The summed E-state index contributed by atoms with van der Waals surface area (Å²) in [5, 5.41) is 3.16. The van der Waals surface area contributed by atoms with Gasteiger partial charge in [0.15, 0.2) is 0 Å². The molecule has 1 amide bonds. The van der Waals surface area contributed by atoms with Gasteiger partial charge < -0.3 is 10.2 Å². The van der Waals surface area contributed by atoms with E-state index in [-0.39, 0.29) is 16.8 Å². The van der Waals surface area contributed by atoms with Crippen LogP contribution in [0.3, 0.4) is 0 Å². The molecule has 0 spiro atoms. The highest BCUT2D eigenvalue weighted by molar-refractivity contribution is 7.92. The number of sulfonamides is 1. The number of piperidine rings is 1. The second-order valence-corrected chi connectivity index (χ2v) is 8.57. The lowest BCUT2D eigenvalue weighted by Gasteiger charge is -2.29. The molecule has 3 rings (SSSR count). The van der Waals surface area contributed by atoms with E-state index in [1.807, 2.05) is 11.8 Å². The van der Waals surface area contributed by atoms with Crippen LogP contribution < -0.4 is 10.0 Å². The molecule has 0 radical (unpaired) electrons. The predicted molar refractivity (Wildman–Crippen MR) is 107 cm³/mol. The van der Waals surface area contributed by atoms with Crippen molar-refractivity contribution in [2.75, 3.05) is 23.1 Å². The molecule has 0 bridgehead atoms. The van der Waals surface area contributed by atoms with Gasteiger partial charge in [-0.05, 0) is 74.7 Å². The number of nitrogens with zero attached hydrogens (tertiary/aromatic N) is 1. The molecule has 1 aliphatic heterocycles. The van der Waals surface area contributed by atoms with Crippen LogP contribution in [0, 0.1) is 5.82 Å². The van der Waals surface area contributed by atoms with E-state index < -0.39 is 15.8 Å². The molecule has 6 nitrogen and oxygen atoms in total. The molecule has 8 heteroatoms. The molecular weight excluding hydrogens is 381 g/mol. The molecule has 0 aromatic heterocycles. The average molecular weight is 405 g/mol. The fraction of sp³-hybridized carbons (Fsp3) is 0.350. The fourth-order valence-electron chi connectivity index (χ4n) is 3.16. The molecule has 150 valence electrons. The van der Waals surface area contributed by atoms with E-state index >= 15 is 0 Å². The maximum absolute atomic E-state index is 13.0. The fourth-order valence-corrected chi connectivity index (χ4v) is 4.22. The smallest absolute Gasteiger partial charge is 0.261 e. The standard InChI is InChI=1S/C20H24FN3O3S/c1-15(20(25)24-13-3-2-4-14-24)22-17-7-9-18(10-8-17)23-28(26,27)19-11-5-16(21)6-12-19/h5-12,15,22-23H,2-4,13-14H2,1H3/t15-/m1/s1. The number of carbonyl (C=O) groups is 1. The normalized spacial score (nSPS) is 15.7. The number of carbonyl (C=O) groups excluding carboxylic acids is 1. The van der Waals surface area contributed by atoms with Gasteiger partial charge in [-0.25, -0.2) is 12.8 Å². The number of hydrogen-bond acceptors (Lipinski definition) is 4. The zero-order valence-corrected chi connectivity index (χ0v) is 16.5. The lowest BCUT2D eigenvalue weighted by atomic mass is 10.1. The van der Waals surface area contributed by atoms with Gasteiger partial charge in [0, 0.05) is 24.5 Å². The van der Waals surface area contributed by atoms with Crippen molar-refractivity contribution in [3.63, 3.8) is 0 Å². The minimum Gasteiger partial charge on any atom is -0.374 e. The Kier molecular flexibility index (Phi) is 6.18. The Morgan fingerprint density at radius 2 is 1.54 bits per heavy atom. The first-order chi connectivity index (χ1) is 13.3. The van der Waals surface area contributed by atoms with Crippen molar-refractivity contribution in [1.29, 1.82) is 0 Å². The second-order valence-electron chi connectivity index (χ2n) is 6.89. The number of hydrogen-bond donors (Lipinski definition) is 2. The van der Waals surface area contributed by atoms with Crippen molar-refractivity contribution in [2.45, 2.75) is 37.1 Å². The van der Waals surface area contributed by atoms with Gasteiger partial charge in [-0.3, -0.25) is 9.52 Å². The summed E-state index contributed by atoms with van der Waals surface area (Å²) in [6.45, 7) is 3.42. The summed E-state index contributed by atoms with van der Waals surface area (Å²) in [5.41, 5.74) is 1.10. The van der Waals surface area contributed by atoms with Gasteiger partial charge in [-0.2, -0.15) is 0 Å². The van der Waals surface area contributed by atoms with Gasteiger partial charge in [0.25, 0.3) is 10.0 Å². The number of rotatable bonds is 6. The second kappa shape index (κ2) is 8.60. The summed E-state index contributed by atoms with van der Waals surface area (Å²) >= 11 is 0. The highest BCUT2D eigenvalue weighted by Gasteiger charge is 2.22. The van der Waals surface area contributed by atoms with E-state index in [1.54, 1.807) is 24.3 Å². The number of likely N-dealkylation sites (tertiary alicyclic amines) is 1. The van der Waals surface area contributed by atoms with Crippen molar-refractivity contribution in [3.05, 3.63) is 54.3 Å². The number of benzene rings is 2. The molecule has 0 saturated carbocycles. The molecule has 0 unspecified atom stereocenters. The predicted octanol–water partition coefficient (Wildman–Crippen LogP) is 3.44. The van der Waals surface area contributed by atoms with Crippen LogP contribution in [0.5, 0.6) is 0 Å². The summed E-state index contributed by atoms with van der Waals surface area (Å²) in [5.74, 6) is -0.427. The Morgan fingerprint density at radius 3 is 2.14 bits per heavy atom. The highest BCUT2D eigenvalue weighted by Crippen LogP contribution is 2.20. The summed E-state index contributed by atoms with van der Waals surface area (Å²) in [6.07, 6.45) is 3.25. The number of amides is 1.